The van der Waals surface area contributed by atoms with Crippen LogP contribution in [0.3, 0.4) is 0 Å². The molecule has 3 rings (SSSR count). The number of rotatable bonds is 3. The number of hydrogen-bond acceptors (Lipinski definition) is 1. The first-order valence-electron chi connectivity index (χ1n) is 6.08. The Balaban J connectivity index is 2.20. The average molecular weight is 246 g/mol. The Bertz CT molecular complexity index is 701. The van der Waals surface area contributed by atoms with Crippen LogP contribution in [0, 0.1) is 6.07 Å². The minimum atomic E-state index is 0.838. The van der Waals surface area contributed by atoms with E-state index in [0.29, 0.717) is 0 Å². The zero-order valence-electron chi connectivity index (χ0n) is 10.3. The quantitative estimate of drug-likeness (QED) is 0.641. The van der Waals surface area contributed by atoms with E-state index in [0.717, 1.165) is 28.6 Å². The van der Waals surface area contributed by atoms with Crippen LogP contribution in [0.5, 0.6) is 0 Å². The lowest BCUT2D eigenvalue weighted by molar-refractivity contribution is -0.106. The molecule has 0 heterocycles. The first kappa shape index (κ1) is 11.5. The van der Waals surface area contributed by atoms with Crippen LogP contribution in [-0.2, 0) is 4.79 Å². The summed E-state index contributed by atoms with van der Waals surface area (Å²) in [7, 11) is 0. The maximum Gasteiger partial charge on any atom is 0.218 e. The fraction of sp³-hybridized carbons (Fsp3) is 0. The lowest BCUT2D eigenvalue weighted by Gasteiger charge is -2.19. The maximum absolute atomic E-state index is 11.5. The third kappa shape index (κ3) is 2.08. The van der Waals surface area contributed by atoms with Crippen molar-refractivity contribution >= 4 is 28.6 Å². The molecular formula is C17H12NO. The number of carbonyl (C=O) groups is 1. The summed E-state index contributed by atoms with van der Waals surface area (Å²) in [5.41, 5.74) is 1.73. The predicted octanol–water partition coefficient (Wildman–Crippen LogP) is 3.93. The standard InChI is InChI=1S/C17H12NO/c19-13-18(15-9-2-1-3-10-15)17-12-6-8-14-7-4-5-11-16(14)17/h2-13H. The Labute approximate surface area is 111 Å². The summed E-state index contributed by atoms with van der Waals surface area (Å²) in [4.78, 5) is 13.1. The molecule has 0 unspecified atom stereocenters. The summed E-state index contributed by atoms with van der Waals surface area (Å²) >= 11 is 0. The molecule has 0 aliphatic heterocycles. The molecule has 0 aliphatic carbocycles. The van der Waals surface area contributed by atoms with Gasteiger partial charge in [0.15, 0.2) is 0 Å². The molecule has 0 bridgehead atoms. The van der Waals surface area contributed by atoms with Gasteiger partial charge in [-0.05, 0) is 29.7 Å². The zero-order chi connectivity index (χ0) is 13.1. The van der Waals surface area contributed by atoms with Crippen molar-refractivity contribution in [2.24, 2.45) is 0 Å². The molecule has 0 atom stereocenters. The van der Waals surface area contributed by atoms with E-state index in [1.54, 1.807) is 17.0 Å². The van der Waals surface area contributed by atoms with Crippen molar-refractivity contribution in [2.75, 3.05) is 4.90 Å². The van der Waals surface area contributed by atoms with Crippen molar-refractivity contribution in [3.8, 4) is 0 Å². The van der Waals surface area contributed by atoms with E-state index >= 15 is 0 Å². The van der Waals surface area contributed by atoms with Crippen molar-refractivity contribution in [1.29, 1.82) is 0 Å². The van der Waals surface area contributed by atoms with E-state index < -0.39 is 0 Å². The third-order valence-corrected chi connectivity index (χ3v) is 3.11. The molecule has 0 aromatic heterocycles. The van der Waals surface area contributed by atoms with Crippen molar-refractivity contribution < 1.29 is 4.79 Å². The van der Waals surface area contributed by atoms with Crippen molar-refractivity contribution in [1.82, 2.24) is 0 Å². The lowest BCUT2D eigenvalue weighted by Crippen LogP contribution is -2.14. The molecule has 0 aliphatic rings. The smallest absolute Gasteiger partial charge is 0.218 e. The first-order valence-corrected chi connectivity index (χ1v) is 6.08. The molecule has 0 saturated carbocycles. The number of benzene rings is 3. The number of amides is 1. The number of hydrogen-bond donors (Lipinski definition) is 0. The molecule has 1 amide bonds. The molecule has 2 nitrogen and oxygen atoms in total. The van der Waals surface area contributed by atoms with E-state index in [9.17, 15) is 4.79 Å². The monoisotopic (exact) mass is 246 g/mol. The summed E-state index contributed by atoms with van der Waals surface area (Å²) in [5, 5.41) is 2.18. The van der Waals surface area contributed by atoms with Gasteiger partial charge in [-0.15, -0.1) is 0 Å². The van der Waals surface area contributed by atoms with Gasteiger partial charge in [0.1, 0.15) is 0 Å². The van der Waals surface area contributed by atoms with Gasteiger partial charge in [0.25, 0.3) is 0 Å². The van der Waals surface area contributed by atoms with Crippen LogP contribution in [0.25, 0.3) is 10.8 Å². The van der Waals surface area contributed by atoms with Crippen LogP contribution >= 0.6 is 0 Å². The highest BCUT2D eigenvalue weighted by molar-refractivity contribution is 6.01. The van der Waals surface area contributed by atoms with Gasteiger partial charge in [0.2, 0.25) is 6.41 Å². The maximum atomic E-state index is 11.5. The number of nitrogens with zero attached hydrogens (tertiary/aromatic N) is 1. The van der Waals surface area contributed by atoms with E-state index in [1.165, 1.54) is 0 Å². The summed E-state index contributed by atoms with van der Waals surface area (Å²) in [6, 6.07) is 24.3. The van der Waals surface area contributed by atoms with Crippen LogP contribution in [0.2, 0.25) is 0 Å². The Morgan fingerprint density at radius 3 is 2.42 bits per heavy atom. The van der Waals surface area contributed by atoms with Gasteiger partial charge in [0, 0.05) is 11.1 Å². The number of carbonyl (C=O) groups excluding carboxylic acids is 1. The van der Waals surface area contributed by atoms with Crippen LogP contribution in [0.1, 0.15) is 0 Å². The van der Waals surface area contributed by atoms with Crippen LogP contribution in [0.4, 0.5) is 11.4 Å². The van der Waals surface area contributed by atoms with Crippen molar-refractivity contribution in [2.45, 2.75) is 0 Å². The van der Waals surface area contributed by atoms with E-state index in [4.69, 9.17) is 0 Å². The summed E-state index contributed by atoms with van der Waals surface area (Å²) in [5.74, 6) is 0. The molecule has 0 saturated heterocycles. The van der Waals surface area contributed by atoms with Gasteiger partial charge >= 0.3 is 0 Å². The van der Waals surface area contributed by atoms with E-state index in [-0.39, 0.29) is 0 Å². The second kappa shape index (κ2) is 4.94. The fourth-order valence-corrected chi connectivity index (χ4v) is 2.21. The molecule has 3 aromatic rings. The van der Waals surface area contributed by atoms with E-state index in [1.807, 2.05) is 54.6 Å². The molecule has 0 spiro atoms. The van der Waals surface area contributed by atoms with Gasteiger partial charge in [-0.25, -0.2) is 0 Å². The minimum absolute atomic E-state index is 0.838. The summed E-state index contributed by atoms with van der Waals surface area (Å²) in [6.07, 6.45) is 0.844. The molecule has 2 heteroatoms. The van der Waals surface area contributed by atoms with Crippen molar-refractivity contribution in [3.05, 3.63) is 72.8 Å². The summed E-state index contributed by atoms with van der Waals surface area (Å²) < 4.78 is 0. The highest BCUT2D eigenvalue weighted by atomic mass is 16.1. The molecule has 0 N–H and O–H groups in total. The molecular weight excluding hydrogens is 234 g/mol. The lowest BCUT2D eigenvalue weighted by atomic mass is 10.1. The Kier molecular flexibility index (Phi) is 2.99. The fourth-order valence-electron chi connectivity index (χ4n) is 2.21. The largest absolute Gasteiger partial charge is 0.283 e. The second-order valence-electron chi connectivity index (χ2n) is 4.23. The number of fused-ring (bicyclic) bond motifs is 1. The topological polar surface area (TPSA) is 20.3 Å². The third-order valence-electron chi connectivity index (χ3n) is 3.11. The molecule has 1 radical (unpaired) electrons. The molecule has 19 heavy (non-hydrogen) atoms. The predicted molar refractivity (Wildman–Crippen MR) is 77.4 cm³/mol. The van der Waals surface area contributed by atoms with Gasteiger partial charge in [-0.1, -0.05) is 48.5 Å². The average Bonchev–Trinajstić information content (AvgIpc) is 2.49. The highest BCUT2D eigenvalue weighted by Gasteiger charge is 2.10. The first-order chi connectivity index (χ1) is 9.40. The normalized spacial score (nSPS) is 10.3. The Hall–Kier alpha value is -2.61. The van der Waals surface area contributed by atoms with Gasteiger partial charge in [-0.2, -0.15) is 0 Å². The SMILES string of the molecule is O=CN(c1cc[c]cc1)c1cccc2ccccc12. The highest BCUT2D eigenvalue weighted by Crippen LogP contribution is 2.30. The van der Waals surface area contributed by atoms with Gasteiger partial charge in [0.05, 0.1) is 5.69 Å². The van der Waals surface area contributed by atoms with Crippen LogP contribution < -0.4 is 4.90 Å². The summed E-state index contributed by atoms with van der Waals surface area (Å²) in [6.45, 7) is 0. The van der Waals surface area contributed by atoms with Gasteiger partial charge in [-0.3, -0.25) is 9.69 Å². The van der Waals surface area contributed by atoms with Crippen LogP contribution in [-0.4, -0.2) is 6.41 Å². The van der Waals surface area contributed by atoms with E-state index in [2.05, 4.69) is 6.07 Å². The minimum Gasteiger partial charge on any atom is -0.283 e. The molecule has 3 aromatic carbocycles. The van der Waals surface area contributed by atoms with Crippen molar-refractivity contribution in [3.63, 3.8) is 0 Å². The second-order valence-corrected chi connectivity index (χ2v) is 4.23. The molecule has 91 valence electrons. The Morgan fingerprint density at radius 2 is 1.63 bits per heavy atom. The number of anilines is 2. The zero-order valence-corrected chi connectivity index (χ0v) is 10.3. The molecule has 0 fully saturated rings. The Morgan fingerprint density at radius 1 is 0.895 bits per heavy atom. The van der Waals surface area contributed by atoms with Crippen LogP contribution in [0.15, 0.2) is 66.7 Å². The van der Waals surface area contributed by atoms with Gasteiger partial charge < -0.3 is 0 Å².